The van der Waals surface area contributed by atoms with E-state index in [4.69, 9.17) is 5.73 Å². The number of hydrogen-bond acceptors (Lipinski definition) is 4. The van der Waals surface area contributed by atoms with Gasteiger partial charge in [0.05, 0.1) is 6.04 Å². The minimum absolute atomic E-state index is 0.134. The van der Waals surface area contributed by atoms with E-state index in [0.717, 1.165) is 25.2 Å². The van der Waals surface area contributed by atoms with Crippen molar-refractivity contribution in [1.29, 1.82) is 0 Å². The first-order chi connectivity index (χ1) is 9.56. The molecule has 0 heterocycles. The summed E-state index contributed by atoms with van der Waals surface area (Å²) < 4.78 is 0. The third-order valence-corrected chi connectivity index (χ3v) is 3.35. The van der Waals surface area contributed by atoms with Crippen molar-refractivity contribution in [2.45, 2.75) is 26.3 Å². The Balaban J connectivity index is 2.33. The number of benzene rings is 1. The van der Waals surface area contributed by atoms with Crippen molar-refractivity contribution < 1.29 is 9.90 Å². The van der Waals surface area contributed by atoms with Crippen molar-refractivity contribution in [1.82, 2.24) is 10.2 Å². The minimum atomic E-state index is -0.559. The normalized spacial score (nSPS) is 12.4. The molecule has 0 aromatic heterocycles. The Morgan fingerprint density at radius 2 is 1.90 bits per heavy atom. The van der Waals surface area contributed by atoms with Crippen LogP contribution >= 0.6 is 0 Å². The number of aromatic hydroxyl groups is 1. The number of nitrogens with two attached hydrogens (primary N) is 1. The van der Waals surface area contributed by atoms with Gasteiger partial charge >= 0.3 is 0 Å². The molecule has 20 heavy (non-hydrogen) atoms. The molecule has 5 heteroatoms. The van der Waals surface area contributed by atoms with Gasteiger partial charge in [0.15, 0.2) is 0 Å². The first-order valence-corrected chi connectivity index (χ1v) is 7.10. The third kappa shape index (κ3) is 5.59. The van der Waals surface area contributed by atoms with Crippen molar-refractivity contribution in [2.24, 2.45) is 5.73 Å². The van der Waals surface area contributed by atoms with Crippen LogP contribution in [-0.4, -0.2) is 48.1 Å². The van der Waals surface area contributed by atoms with Gasteiger partial charge in [-0.1, -0.05) is 26.0 Å². The van der Waals surface area contributed by atoms with Crippen LogP contribution in [0.3, 0.4) is 0 Å². The number of amides is 1. The van der Waals surface area contributed by atoms with Gasteiger partial charge in [0.1, 0.15) is 5.75 Å². The molecule has 4 N–H and O–H groups in total. The predicted octanol–water partition coefficient (Wildman–Crippen LogP) is 0.720. The maximum Gasteiger partial charge on any atom is 0.237 e. The van der Waals surface area contributed by atoms with E-state index in [0.29, 0.717) is 13.0 Å². The van der Waals surface area contributed by atoms with Gasteiger partial charge in [-0.3, -0.25) is 4.79 Å². The Kier molecular flexibility index (Phi) is 7.04. The van der Waals surface area contributed by atoms with Crippen LogP contribution in [0.15, 0.2) is 24.3 Å². The lowest BCUT2D eigenvalue weighted by atomic mass is 10.1. The molecule has 0 fully saturated rings. The summed E-state index contributed by atoms with van der Waals surface area (Å²) >= 11 is 0. The zero-order valence-electron chi connectivity index (χ0n) is 12.3. The van der Waals surface area contributed by atoms with Crippen LogP contribution in [0.2, 0.25) is 0 Å². The highest BCUT2D eigenvalue weighted by Crippen LogP contribution is 2.10. The van der Waals surface area contributed by atoms with E-state index in [2.05, 4.69) is 24.1 Å². The summed E-state index contributed by atoms with van der Waals surface area (Å²) in [4.78, 5) is 14.1. The van der Waals surface area contributed by atoms with Crippen LogP contribution in [0.5, 0.6) is 5.75 Å². The second kappa shape index (κ2) is 8.55. The summed E-state index contributed by atoms with van der Waals surface area (Å²) in [6.45, 7) is 7.61. The highest BCUT2D eigenvalue weighted by atomic mass is 16.3. The van der Waals surface area contributed by atoms with Crippen molar-refractivity contribution in [2.75, 3.05) is 26.2 Å². The average molecular weight is 279 g/mol. The van der Waals surface area contributed by atoms with Crippen LogP contribution < -0.4 is 11.1 Å². The smallest absolute Gasteiger partial charge is 0.237 e. The Morgan fingerprint density at radius 1 is 1.30 bits per heavy atom. The SMILES string of the molecule is CCN(CC)CCNC(=O)C(N)Cc1ccc(O)cc1. The predicted molar refractivity (Wildman–Crippen MR) is 80.6 cm³/mol. The van der Waals surface area contributed by atoms with Crippen molar-refractivity contribution >= 4 is 5.91 Å². The third-order valence-electron chi connectivity index (χ3n) is 3.35. The number of likely N-dealkylation sites (N-methyl/N-ethyl adjacent to an activating group) is 1. The Labute approximate surface area is 120 Å². The summed E-state index contributed by atoms with van der Waals surface area (Å²) in [5.74, 6) is 0.0798. The molecule has 1 amide bonds. The van der Waals surface area contributed by atoms with Crippen LogP contribution in [0.4, 0.5) is 0 Å². The molecular weight excluding hydrogens is 254 g/mol. The largest absolute Gasteiger partial charge is 0.508 e. The number of hydrogen-bond donors (Lipinski definition) is 3. The lowest BCUT2D eigenvalue weighted by Gasteiger charge is -2.19. The summed E-state index contributed by atoms with van der Waals surface area (Å²) in [6, 6.07) is 6.19. The maximum absolute atomic E-state index is 11.9. The van der Waals surface area contributed by atoms with Crippen LogP contribution in [-0.2, 0) is 11.2 Å². The molecule has 0 saturated carbocycles. The van der Waals surface area contributed by atoms with Gasteiger partial charge in [-0.2, -0.15) is 0 Å². The minimum Gasteiger partial charge on any atom is -0.508 e. The summed E-state index contributed by atoms with van der Waals surface area (Å²) in [6.07, 6.45) is 0.470. The molecular formula is C15H25N3O2. The number of rotatable bonds is 8. The second-order valence-electron chi connectivity index (χ2n) is 4.79. The molecule has 1 rings (SSSR count). The van der Waals surface area contributed by atoms with Crippen molar-refractivity contribution in [3.63, 3.8) is 0 Å². The van der Waals surface area contributed by atoms with Gasteiger partial charge < -0.3 is 21.1 Å². The number of nitrogens with zero attached hydrogens (tertiary/aromatic N) is 1. The number of phenols is 1. The molecule has 5 nitrogen and oxygen atoms in total. The average Bonchev–Trinajstić information content (AvgIpc) is 2.45. The zero-order chi connectivity index (χ0) is 15.0. The van der Waals surface area contributed by atoms with Gasteiger partial charge in [0, 0.05) is 13.1 Å². The molecule has 1 aromatic rings. The number of carbonyl (C=O) groups excluding carboxylic acids is 1. The molecule has 0 radical (unpaired) electrons. The van der Waals surface area contributed by atoms with E-state index in [-0.39, 0.29) is 11.7 Å². The van der Waals surface area contributed by atoms with Gasteiger partial charge in [0.2, 0.25) is 5.91 Å². The van der Waals surface area contributed by atoms with E-state index in [9.17, 15) is 9.90 Å². The number of carbonyl (C=O) groups is 1. The number of phenolic OH excluding ortho intramolecular Hbond substituents is 1. The fourth-order valence-electron chi connectivity index (χ4n) is 1.99. The fourth-order valence-corrected chi connectivity index (χ4v) is 1.99. The van der Waals surface area contributed by atoms with Gasteiger partial charge in [-0.25, -0.2) is 0 Å². The molecule has 1 atom stereocenters. The standard InChI is InChI=1S/C15H25N3O2/c1-3-18(4-2)10-9-17-15(20)14(16)11-12-5-7-13(19)8-6-12/h5-8,14,19H,3-4,9-11,16H2,1-2H3,(H,17,20). The first-order valence-electron chi connectivity index (χ1n) is 7.10. The van der Waals surface area contributed by atoms with E-state index in [1.165, 1.54) is 0 Å². The molecule has 0 aliphatic rings. The zero-order valence-corrected chi connectivity index (χ0v) is 12.3. The quantitative estimate of drug-likeness (QED) is 0.655. The highest BCUT2D eigenvalue weighted by Gasteiger charge is 2.13. The topological polar surface area (TPSA) is 78.6 Å². The molecule has 0 bridgehead atoms. The Morgan fingerprint density at radius 3 is 2.45 bits per heavy atom. The monoisotopic (exact) mass is 279 g/mol. The Hall–Kier alpha value is -1.59. The van der Waals surface area contributed by atoms with E-state index in [1.807, 2.05) is 0 Å². The molecule has 0 spiro atoms. The molecule has 112 valence electrons. The van der Waals surface area contributed by atoms with E-state index < -0.39 is 6.04 Å². The van der Waals surface area contributed by atoms with Gasteiger partial charge in [-0.15, -0.1) is 0 Å². The van der Waals surface area contributed by atoms with Gasteiger partial charge in [0.25, 0.3) is 0 Å². The lowest BCUT2D eigenvalue weighted by Crippen LogP contribution is -2.44. The molecule has 0 saturated heterocycles. The molecule has 1 unspecified atom stereocenters. The summed E-state index contributed by atoms with van der Waals surface area (Å²) in [5.41, 5.74) is 6.82. The van der Waals surface area contributed by atoms with E-state index >= 15 is 0 Å². The fraction of sp³-hybridized carbons (Fsp3) is 0.533. The van der Waals surface area contributed by atoms with Crippen molar-refractivity contribution in [3.8, 4) is 5.75 Å². The van der Waals surface area contributed by atoms with Crippen LogP contribution in [0.1, 0.15) is 19.4 Å². The summed E-state index contributed by atoms with van der Waals surface area (Å²) in [5, 5.41) is 12.1. The highest BCUT2D eigenvalue weighted by molar-refractivity contribution is 5.81. The van der Waals surface area contributed by atoms with E-state index in [1.54, 1.807) is 24.3 Å². The van der Waals surface area contributed by atoms with Crippen LogP contribution in [0.25, 0.3) is 0 Å². The second-order valence-corrected chi connectivity index (χ2v) is 4.79. The first kappa shape index (κ1) is 16.5. The van der Waals surface area contributed by atoms with Gasteiger partial charge in [-0.05, 0) is 37.2 Å². The maximum atomic E-state index is 11.9. The molecule has 1 aromatic carbocycles. The molecule has 0 aliphatic heterocycles. The summed E-state index contributed by atoms with van der Waals surface area (Å²) in [7, 11) is 0. The molecule has 0 aliphatic carbocycles. The number of nitrogens with one attached hydrogen (secondary N) is 1. The Bertz CT molecular complexity index is 402. The lowest BCUT2D eigenvalue weighted by molar-refractivity contribution is -0.122. The van der Waals surface area contributed by atoms with Crippen molar-refractivity contribution in [3.05, 3.63) is 29.8 Å². The van der Waals surface area contributed by atoms with Crippen LogP contribution in [0, 0.1) is 0 Å².